The van der Waals surface area contributed by atoms with Crippen molar-refractivity contribution in [3.05, 3.63) is 34.9 Å². The Kier molecular flexibility index (Phi) is 8.80. The first-order valence-electron chi connectivity index (χ1n) is 12.8. The topological polar surface area (TPSA) is 108 Å². The van der Waals surface area contributed by atoms with E-state index in [1.807, 2.05) is 32.0 Å². The molecule has 0 bridgehead atoms. The minimum absolute atomic E-state index is 0.0912. The third kappa shape index (κ3) is 7.43. The van der Waals surface area contributed by atoms with E-state index in [-0.39, 0.29) is 18.0 Å². The molecule has 2 aliphatic rings. The smallest absolute Gasteiger partial charge is 0.408 e. The maximum Gasteiger partial charge on any atom is 0.408 e. The van der Waals surface area contributed by atoms with Crippen LogP contribution in [0.4, 0.5) is 4.79 Å². The summed E-state index contributed by atoms with van der Waals surface area (Å²) in [5.41, 5.74) is 1.94. The molecule has 2 unspecified atom stereocenters. The fourth-order valence-electron chi connectivity index (χ4n) is 4.68. The van der Waals surface area contributed by atoms with Crippen LogP contribution in [-0.2, 0) is 14.3 Å². The molecule has 0 saturated heterocycles. The second-order valence-electron chi connectivity index (χ2n) is 11.0. The number of amides is 3. The third-order valence-corrected chi connectivity index (χ3v) is 6.57. The second-order valence-corrected chi connectivity index (χ2v) is 11.0. The summed E-state index contributed by atoms with van der Waals surface area (Å²) in [5.74, 6) is -0.689. The maximum atomic E-state index is 13.8. The fraction of sp³-hybridized carbons (Fsp3) is 0.667. The Labute approximate surface area is 208 Å². The van der Waals surface area contributed by atoms with Crippen LogP contribution in [0.5, 0.6) is 0 Å². The summed E-state index contributed by atoms with van der Waals surface area (Å²) in [7, 11) is 0. The number of hydrogen-bond donors (Lipinski definition) is 3. The first-order chi connectivity index (χ1) is 16.5. The lowest BCUT2D eigenvalue weighted by molar-refractivity contribution is -0.144. The van der Waals surface area contributed by atoms with Crippen molar-refractivity contribution in [2.24, 2.45) is 0 Å². The molecular formula is C27H41N3O5. The Morgan fingerprint density at radius 3 is 2.31 bits per heavy atom. The van der Waals surface area contributed by atoms with Crippen molar-refractivity contribution >= 4 is 17.9 Å². The highest BCUT2D eigenvalue weighted by Gasteiger charge is 2.44. The summed E-state index contributed by atoms with van der Waals surface area (Å²) in [5, 5.41) is 15.7. The van der Waals surface area contributed by atoms with E-state index in [0.717, 1.165) is 55.2 Å². The number of rotatable bonds is 8. The van der Waals surface area contributed by atoms with Gasteiger partial charge in [-0.15, -0.1) is 0 Å². The number of benzene rings is 1. The zero-order chi connectivity index (χ0) is 25.8. The quantitative estimate of drug-likeness (QED) is 0.519. The van der Waals surface area contributed by atoms with Gasteiger partial charge in [-0.2, -0.15) is 0 Å². The molecule has 0 aliphatic heterocycles. The van der Waals surface area contributed by atoms with Gasteiger partial charge in [-0.1, -0.05) is 43.0 Å². The van der Waals surface area contributed by atoms with Gasteiger partial charge in [0.15, 0.2) is 0 Å². The average molecular weight is 488 g/mol. The van der Waals surface area contributed by atoms with Gasteiger partial charge in [0.2, 0.25) is 11.8 Å². The van der Waals surface area contributed by atoms with Crippen LogP contribution in [0.15, 0.2) is 18.2 Å². The van der Waals surface area contributed by atoms with Gasteiger partial charge in [0.1, 0.15) is 17.7 Å². The minimum atomic E-state index is -1.21. The van der Waals surface area contributed by atoms with Crippen LogP contribution < -0.4 is 10.6 Å². The number of aliphatic hydroxyl groups excluding tert-OH is 1. The number of nitrogens with one attached hydrogen (secondary N) is 2. The van der Waals surface area contributed by atoms with Crippen molar-refractivity contribution in [2.75, 3.05) is 6.61 Å². The summed E-state index contributed by atoms with van der Waals surface area (Å²) in [6, 6.07) is 3.82. The molecule has 0 aromatic heterocycles. The van der Waals surface area contributed by atoms with Crippen LogP contribution in [0.1, 0.15) is 88.4 Å². The number of carbonyl (C=O) groups is 3. The summed E-state index contributed by atoms with van der Waals surface area (Å²) < 4.78 is 5.29. The van der Waals surface area contributed by atoms with E-state index in [1.165, 1.54) is 6.42 Å². The van der Waals surface area contributed by atoms with Crippen molar-refractivity contribution in [1.82, 2.24) is 15.5 Å². The minimum Gasteiger partial charge on any atom is -0.444 e. The molecule has 2 aliphatic carbocycles. The van der Waals surface area contributed by atoms with E-state index in [9.17, 15) is 19.5 Å². The van der Waals surface area contributed by atoms with Crippen LogP contribution in [0.25, 0.3) is 0 Å². The van der Waals surface area contributed by atoms with Gasteiger partial charge in [0.05, 0.1) is 6.61 Å². The predicted octanol–water partition coefficient (Wildman–Crippen LogP) is 3.67. The Morgan fingerprint density at radius 1 is 1.09 bits per heavy atom. The molecule has 0 spiro atoms. The number of nitrogens with zero attached hydrogens (tertiary/aromatic N) is 1. The Morgan fingerprint density at radius 2 is 1.74 bits per heavy atom. The van der Waals surface area contributed by atoms with Crippen LogP contribution in [0.2, 0.25) is 0 Å². The molecule has 35 heavy (non-hydrogen) atoms. The highest BCUT2D eigenvalue weighted by atomic mass is 16.6. The number of hydrogen-bond acceptors (Lipinski definition) is 5. The van der Waals surface area contributed by atoms with Crippen LogP contribution >= 0.6 is 0 Å². The molecular weight excluding hydrogens is 446 g/mol. The zero-order valence-electron chi connectivity index (χ0n) is 21.7. The number of aliphatic hydroxyl groups is 1. The van der Waals surface area contributed by atoms with Gasteiger partial charge in [0, 0.05) is 12.1 Å². The summed E-state index contributed by atoms with van der Waals surface area (Å²) in [6.07, 6.45) is 5.96. The molecule has 3 rings (SSSR count). The molecule has 194 valence electrons. The van der Waals surface area contributed by atoms with Gasteiger partial charge in [-0.05, 0) is 71.4 Å². The average Bonchev–Trinajstić information content (AvgIpc) is 3.61. The SMILES string of the molecule is Cc1ccc(C)c(C(C(=O)NC2CCCCC2)N(C(=O)C(CO)NC(=O)OC(C)(C)C)C2CC2)c1. The first-order valence-corrected chi connectivity index (χ1v) is 12.8. The molecule has 2 atom stereocenters. The normalized spacial score (nSPS) is 18.3. The van der Waals surface area contributed by atoms with Crippen molar-refractivity contribution < 1.29 is 24.2 Å². The highest BCUT2D eigenvalue weighted by Crippen LogP contribution is 2.37. The molecule has 0 heterocycles. The number of ether oxygens (including phenoxy) is 1. The summed E-state index contributed by atoms with van der Waals surface area (Å²) in [6.45, 7) is 8.49. The van der Waals surface area contributed by atoms with Crippen LogP contribution in [0, 0.1) is 13.8 Å². The first kappa shape index (κ1) is 27.0. The molecule has 2 fully saturated rings. The number of carbonyl (C=O) groups excluding carboxylic acids is 3. The fourth-order valence-corrected chi connectivity index (χ4v) is 4.68. The van der Waals surface area contributed by atoms with Crippen molar-refractivity contribution in [1.29, 1.82) is 0 Å². The van der Waals surface area contributed by atoms with E-state index in [0.29, 0.717) is 0 Å². The highest BCUT2D eigenvalue weighted by molar-refractivity contribution is 5.93. The largest absolute Gasteiger partial charge is 0.444 e. The summed E-state index contributed by atoms with van der Waals surface area (Å²) >= 11 is 0. The number of alkyl carbamates (subject to hydrolysis) is 1. The Bertz CT molecular complexity index is 916. The Hall–Kier alpha value is -2.61. The molecule has 1 aromatic carbocycles. The molecule has 0 radical (unpaired) electrons. The molecule has 3 amide bonds. The Balaban J connectivity index is 1.93. The third-order valence-electron chi connectivity index (χ3n) is 6.57. The second kappa shape index (κ2) is 11.4. The molecule has 3 N–H and O–H groups in total. The van der Waals surface area contributed by atoms with E-state index in [2.05, 4.69) is 10.6 Å². The monoisotopic (exact) mass is 487 g/mol. The number of aryl methyl sites for hydroxylation is 2. The van der Waals surface area contributed by atoms with Crippen molar-refractivity contribution in [3.8, 4) is 0 Å². The van der Waals surface area contributed by atoms with Gasteiger partial charge >= 0.3 is 6.09 Å². The molecule has 2 saturated carbocycles. The van der Waals surface area contributed by atoms with Crippen molar-refractivity contribution in [2.45, 2.75) is 109 Å². The van der Waals surface area contributed by atoms with E-state index in [4.69, 9.17) is 4.74 Å². The summed E-state index contributed by atoms with van der Waals surface area (Å²) in [4.78, 5) is 41.5. The van der Waals surface area contributed by atoms with Crippen LogP contribution in [-0.4, -0.2) is 58.2 Å². The molecule has 8 nitrogen and oxygen atoms in total. The lowest BCUT2D eigenvalue weighted by Gasteiger charge is -2.36. The van der Waals surface area contributed by atoms with Gasteiger partial charge < -0.3 is 25.4 Å². The zero-order valence-corrected chi connectivity index (χ0v) is 21.7. The van der Waals surface area contributed by atoms with Gasteiger partial charge in [0.25, 0.3) is 0 Å². The van der Waals surface area contributed by atoms with E-state index < -0.39 is 36.3 Å². The lowest BCUT2D eigenvalue weighted by Crippen LogP contribution is -2.55. The molecule has 1 aromatic rings. The molecule has 8 heteroatoms. The van der Waals surface area contributed by atoms with Gasteiger partial charge in [-0.3, -0.25) is 9.59 Å². The van der Waals surface area contributed by atoms with Crippen molar-refractivity contribution in [3.63, 3.8) is 0 Å². The van der Waals surface area contributed by atoms with E-state index in [1.54, 1.807) is 25.7 Å². The maximum absolute atomic E-state index is 13.8. The standard InChI is InChI=1S/C27H41N3O5/c1-17-11-12-18(2)21(15-17)23(24(32)28-19-9-7-6-8-10-19)30(20-13-14-20)25(33)22(16-31)29-26(34)35-27(3,4)5/h11-12,15,19-20,22-23,31H,6-10,13-14,16H2,1-5H3,(H,28,32)(H,29,34). The predicted molar refractivity (Wildman–Crippen MR) is 134 cm³/mol. The van der Waals surface area contributed by atoms with Gasteiger partial charge in [-0.25, -0.2) is 4.79 Å². The van der Waals surface area contributed by atoms with Crippen LogP contribution in [0.3, 0.4) is 0 Å². The lowest BCUT2D eigenvalue weighted by atomic mass is 9.93. The van der Waals surface area contributed by atoms with E-state index >= 15 is 0 Å².